The van der Waals surface area contributed by atoms with Gasteiger partial charge in [-0.2, -0.15) is 0 Å². The maximum atomic E-state index is 12.7. The molecule has 8 nitrogen and oxygen atoms in total. The van der Waals surface area contributed by atoms with Gasteiger partial charge in [-0.1, -0.05) is 0 Å². The maximum Gasteiger partial charge on any atom is 0.335 e. The second-order valence-corrected chi connectivity index (χ2v) is 5.34. The summed E-state index contributed by atoms with van der Waals surface area (Å²) in [5.41, 5.74) is -0.141. The SMILES string of the molecule is Cc1nc2cc(C(=O)O)ccc2c(=O)n1C1CCC(=O)NC1=O. The monoisotopic (exact) mass is 315 g/mol. The average Bonchev–Trinajstić information content (AvgIpc) is 2.48. The number of fused-ring (bicyclic) bond motifs is 1. The number of piperidine rings is 1. The largest absolute Gasteiger partial charge is 0.478 e. The first-order chi connectivity index (χ1) is 10.9. The summed E-state index contributed by atoms with van der Waals surface area (Å²) >= 11 is 0. The second kappa shape index (κ2) is 5.31. The number of carboxylic acid groups (broad SMARTS) is 1. The van der Waals surface area contributed by atoms with Crippen LogP contribution in [0, 0.1) is 6.92 Å². The number of amides is 2. The Morgan fingerprint density at radius 1 is 1.35 bits per heavy atom. The molecule has 1 aromatic carbocycles. The highest BCUT2D eigenvalue weighted by Crippen LogP contribution is 2.20. The number of hydrogen-bond acceptors (Lipinski definition) is 5. The van der Waals surface area contributed by atoms with Crippen LogP contribution in [0.1, 0.15) is 35.1 Å². The van der Waals surface area contributed by atoms with Gasteiger partial charge in [0.05, 0.1) is 16.5 Å². The van der Waals surface area contributed by atoms with E-state index in [1.54, 1.807) is 6.92 Å². The van der Waals surface area contributed by atoms with Gasteiger partial charge in [0, 0.05) is 6.42 Å². The van der Waals surface area contributed by atoms with Crippen molar-refractivity contribution in [2.75, 3.05) is 0 Å². The lowest BCUT2D eigenvalue weighted by Crippen LogP contribution is -2.45. The van der Waals surface area contributed by atoms with Crippen molar-refractivity contribution in [1.82, 2.24) is 14.9 Å². The molecule has 1 saturated heterocycles. The van der Waals surface area contributed by atoms with Crippen molar-refractivity contribution in [2.45, 2.75) is 25.8 Å². The zero-order valence-electron chi connectivity index (χ0n) is 12.2. The van der Waals surface area contributed by atoms with Crippen molar-refractivity contribution >= 4 is 28.7 Å². The zero-order valence-corrected chi connectivity index (χ0v) is 12.2. The number of aromatic nitrogens is 2. The van der Waals surface area contributed by atoms with Gasteiger partial charge in [-0.25, -0.2) is 9.78 Å². The van der Waals surface area contributed by atoms with Crippen LogP contribution >= 0.6 is 0 Å². The number of imide groups is 1. The Morgan fingerprint density at radius 2 is 2.09 bits per heavy atom. The molecule has 1 aromatic heterocycles. The van der Waals surface area contributed by atoms with Gasteiger partial charge < -0.3 is 5.11 Å². The zero-order chi connectivity index (χ0) is 16.7. The van der Waals surface area contributed by atoms with E-state index in [1.165, 1.54) is 22.8 Å². The number of rotatable bonds is 2. The Labute approximate surface area is 129 Å². The first-order valence-corrected chi connectivity index (χ1v) is 6.98. The van der Waals surface area contributed by atoms with E-state index in [4.69, 9.17) is 5.11 Å². The second-order valence-electron chi connectivity index (χ2n) is 5.34. The van der Waals surface area contributed by atoms with Crippen molar-refractivity contribution in [3.05, 3.63) is 39.9 Å². The summed E-state index contributed by atoms with van der Waals surface area (Å²) in [6, 6.07) is 3.23. The average molecular weight is 315 g/mol. The molecule has 0 bridgehead atoms. The van der Waals surface area contributed by atoms with Crippen LogP contribution in [0.5, 0.6) is 0 Å². The molecular weight excluding hydrogens is 302 g/mol. The molecular formula is C15H13N3O5. The van der Waals surface area contributed by atoms with Crippen molar-refractivity contribution in [3.63, 3.8) is 0 Å². The van der Waals surface area contributed by atoms with Crippen LogP contribution < -0.4 is 10.9 Å². The maximum absolute atomic E-state index is 12.7. The summed E-state index contributed by atoms with van der Waals surface area (Å²) in [6.45, 7) is 1.57. The molecule has 2 amide bonds. The van der Waals surface area contributed by atoms with Gasteiger partial charge in [0.15, 0.2) is 0 Å². The summed E-state index contributed by atoms with van der Waals surface area (Å²) < 4.78 is 1.25. The fraction of sp³-hybridized carbons (Fsp3) is 0.267. The number of nitrogens with one attached hydrogen (secondary N) is 1. The predicted octanol–water partition coefficient (Wildman–Crippen LogP) is 0.381. The lowest BCUT2D eigenvalue weighted by Gasteiger charge is -2.24. The molecule has 0 radical (unpaired) electrons. The minimum Gasteiger partial charge on any atom is -0.478 e. The minimum absolute atomic E-state index is 0.0301. The smallest absolute Gasteiger partial charge is 0.335 e. The Balaban J connectivity index is 2.17. The standard InChI is InChI=1S/C15H13N3O5/c1-7-16-10-6-8(15(22)23)2-3-9(10)14(21)18(7)11-4-5-12(19)17-13(11)20/h2-3,6,11H,4-5H2,1H3,(H,22,23)(H,17,19,20). The third-order valence-electron chi connectivity index (χ3n) is 3.85. The summed E-state index contributed by atoms with van der Waals surface area (Å²) in [4.78, 5) is 51.2. The molecule has 0 aliphatic carbocycles. The number of carbonyl (C=O) groups is 3. The Hall–Kier alpha value is -3.03. The van der Waals surface area contributed by atoms with Crippen LogP contribution in [0.25, 0.3) is 10.9 Å². The highest BCUT2D eigenvalue weighted by atomic mass is 16.4. The van der Waals surface area contributed by atoms with Crippen molar-refractivity contribution in [2.24, 2.45) is 0 Å². The summed E-state index contributed by atoms with van der Waals surface area (Å²) in [5, 5.41) is 11.4. The molecule has 1 aliphatic heterocycles. The van der Waals surface area contributed by atoms with E-state index in [2.05, 4.69) is 10.3 Å². The number of aromatic carboxylic acids is 1. The molecule has 0 saturated carbocycles. The number of carboxylic acids is 1. The molecule has 2 aromatic rings. The molecule has 8 heteroatoms. The third kappa shape index (κ3) is 2.48. The van der Waals surface area contributed by atoms with Crippen molar-refractivity contribution in [3.8, 4) is 0 Å². The highest BCUT2D eigenvalue weighted by Gasteiger charge is 2.30. The van der Waals surface area contributed by atoms with E-state index in [0.717, 1.165) is 0 Å². The van der Waals surface area contributed by atoms with Crippen molar-refractivity contribution in [1.29, 1.82) is 0 Å². The molecule has 3 rings (SSSR count). The van der Waals surface area contributed by atoms with Gasteiger partial charge in [0.25, 0.3) is 5.56 Å². The van der Waals surface area contributed by atoms with Crippen molar-refractivity contribution < 1.29 is 19.5 Å². The van der Waals surface area contributed by atoms with Crippen LogP contribution in [-0.2, 0) is 9.59 Å². The number of hydrogen-bond donors (Lipinski definition) is 2. The molecule has 0 spiro atoms. The van der Waals surface area contributed by atoms with E-state index in [1.807, 2.05) is 0 Å². The lowest BCUT2D eigenvalue weighted by atomic mass is 10.1. The van der Waals surface area contributed by atoms with Gasteiger partial charge in [-0.3, -0.25) is 24.3 Å². The number of nitrogens with zero attached hydrogens (tertiary/aromatic N) is 2. The first kappa shape index (κ1) is 14.9. The summed E-state index contributed by atoms with van der Waals surface area (Å²) in [7, 11) is 0. The van der Waals surface area contributed by atoms with Crippen LogP contribution in [0.2, 0.25) is 0 Å². The highest BCUT2D eigenvalue weighted by molar-refractivity contribution is 5.99. The summed E-state index contributed by atoms with van der Waals surface area (Å²) in [5.74, 6) is -1.72. The fourth-order valence-electron chi connectivity index (χ4n) is 2.74. The van der Waals surface area contributed by atoms with Crippen LogP contribution in [0.4, 0.5) is 0 Å². The molecule has 1 unspecified atom stereocenters. The Kier molecular flexibility index (Phi) is 3.44. The van der Waals surface area contributed by atoms with E-state index < -0.39 is 23.5 Å². The number of carbonyl (C=O) groups excluding carboxylic acids is 2. The van der Waals surface area contributed by atoms with E-state index in [0.29, 0.717) is 5.82 Å². The van der Waals surface area contributed by atoms with Crippen LogP contribution in [-0.4, -0.2) is 32.4 Å². The molecule has 2 heterocycles. The van der Waals surface area contributed by atoms with Crippen LogP contribution in [0.15, 0.2) is 23.0 Å². The van der Waals surface area contributed by atoms with Gasteiger partial charge in [-0.05, 0) is 31.5 Å². The third-order valence-corrected chi connectivity index (χ3v) is 3.85. The quantitative estimate of drug-likeness (QED) is 0.773. The van der Waals surface area contributed by atoms with Gasteiger partial charge in [-0.15, -0.1) is 0 Å². The first-order valence-electron chi connectivity index (χ1n) is 6.98. The molecule has 1 aliphatic rings. The Morgan fingerprint density at radius 3 is 2.74 bits per heavy atom. The number of benzene rings is 1. The van der Waals surface area contributed by atoms with Gasteiger partial charge in [0.2, 0.25) is 11.8 Å². The molecule has 1 atom stereocenters. The van der Waals surface area contributed by atoms with Gasteiger partial charge >= 0.3 is 5.97 Å². The van der Waals surface area contributed by atoms with E-state index in [9.17, 15) is 19.2 Å². The topological polar surface area (TPSA) is 118 Å². The van der Waals surface area contributed by atoms with E-state index >= 15 is 0 Å². The Bertz CT molecular complexity index is 915. The summed E-state index contributed by atoms with van der Waals surface area (Å²) in [6.07, 6.45) is 0.379. The molecule has 118 valence electrons. The minimum atomic E-state index is -1.11. The lowest BCUT2D eigenvalue weighted by molar-refractivity contribution is -0.135. The number of aryl methyl sites for hydroxylation is 1. The fourth-order valence-corrected chi connectivity index (χ4v) is 2.74. The molecule has 23 heavy (non-hydrogen) atoms. The van der Waals surface area contributed by atoms with Crippen LogP contribution in [0.3, 0.4) is 0 Å². The molecule has 1 fully saturated rings. The predicted molar refractivity (Wildman–Crippen MR) is 79.1 cm³/mol. The molecule has 2 N–H and O–H groups in total. The van der Waals surface area contributed by atoms with E-state index in [-0.39, 0.29) is 35.2 Å². The van der Waals surface area contributed by atoms with Gasteiger partial charge in [0.1, 0.15) is 11.9 Å². The normalized spacial score (nSPS) is 18.0.